The molecule has 4 aromatic carbocycles. The Labute approximate surface area is 206 Å². The zero-order chi connectivity index (χ0) is 24.6. The summed E-state index contributed by atoms with van der Waals surface area (Å²) in [6, 6.07) is 29.8. The number of carbonyl (C=O) groups is 1. The lowest BCUT2D eigenvalue weighted by Crippen LogP contribution is -2.30. The first-order valence-corrected chi connectivity index (χ1v) is 11.5. The molecule has 0 bridgehead atoms. The number of amides is 1. The number of H-pyrrole nitrogens is 1. The van der Waals surface area contributed by atoms with E-state index in [1.54, 1.807) is 24.3 Å². The van der Waals surface area contributed by atoms with Gasteiger partial charge in [0.05, 0.1) is 22.2 Å². The third-order valence-corrected chi connectivity index (χ3v) is 6.17. The summed E-state index contributed by atoms with van der Waals surface area (Å²) in [7, 11) is -1.64. The van der Waals surface area contributed by atoms with Gasteiger partial charge in [-0.1, -0.05) is 54.6 Å². The maximum Gasteiger partial charge on any atom is 0.488 e. The fraction of sp³-hybridized carbons (Fsp3) is 0. The Kier molecular flexibility index (Phi) is 5.37. The molecular weight excluding hydrogens is 451 g/mol. The number of hydrogen-bond acceptors (Lipinski definition) is 5. The number of nitrogens with zero attached hydrogens (tertiary/aromatic N) is 1. The molecule has 0 aliphatic heterocycles. The fourth-order valence-corrected chi connectivity index (χ4v) is 4.45. The summed E-state index contributed by atoms with van der Waals surface area (Å²) in [6.07, 6.45) is 0. The van der Waals surface area contributed by atoms with E-state index in [1.807, 2.05) is 60.7 Å². The van der Waals surface area contributed by atoms with E-state index in [4.69, 9.17) is 4.98 Å². The highest BCUT2D eigenvalue weighted by Crippen LogP contribution is 2.36. The van der Waals surface area contributed by atoms with Crippen LogP contribution < -0.4 is 16.1 Å². The SMILES string of the molecule is O=C(Nc1cccc(Nc2c3ccccc3nc3c2[nH]c2ccccc23)c1)c1cccc(B(O)O)c1. The third kappa shape index (κ3) is 3.94. The van der Waals surface area contributed by atoms with Crippen molar-refractivity contribution in [2.45, 2.75) is 0 Å². The van der Waals surface area contributed by atoms with Gasteiger partial charge in [0.1, 0.15) is 0 Å². The van der Waals surface area contributed by atoms with Gasteiger partial charge < -0.3 is 25.7 Å². The molecule has 1 amide bonds. The molecule has 36 heavy (non-hydrogen) atoms. The second kappa shape index (κ2) is 8.85. The molecule has 6 rings (SSSR count). The number of hydrogen-bond donors (Lipinski definition) is 5. The van der Waals surface area contributed by atoms with Gasteiger partial charge >= 0.3 is 7.12 Å². The van der Waals surface area contributed by atoms with Crippen LogP contribution in [0.15, 0.2) is 97.1 Å². The number of para-hydroxylation sites is 2. The van der Waals surface area contributed by atoms with E-state index in [0.717, 1.165) is 44.2 Å². The molecular formula is C28H21BN4O3. The van der Waals surface area contributed by atoms with E-state index in [2.05, 4.69) is 21.7 Å². The lowest BCUT2D eigenvalue weighted by molar-refractivity contribution is 0.102. The summed E-state index contributed by atoms with van der Waals surface area (Å²) in [5, 5.41) is 27.3. The predicted octanol–water partition coefficient (Wildman–Crippen LogP) is 4.55. The topological polar surface area (TPSA) is 110 Å². The van der Waals surface area contributed by atoms with Gasteiger partial charge in [0.15, 0.2) is 0 Å². The third-order valence-electron chi connectivity index (χ3n) is 6.17. The van der Waals surface area contributed by atoms with Crippen LogP contribution in [0.1, 0.15) is 10.4 Å². The van der Waals surface area contributed by atoms with Gasteiger partial charge in [-0.25, -0.2) is 4.98 Å². The number of carbonyl (C=O) groups excluding carboxylic acids is 1. The normalized spacial score (nSPS) is 11.2. The number of aromatic nitrogens is 2. The number of pyridine rings is 1. The predicted molar refractivity (Wildman–Crippen MR) is 145 cm³/mol. The summed E-state index contributed by atoms with van der Waals surface area (Å²) in [5.74, 6) is -0.345. The highest BCUT2D eigenvalue weighted by Gasteiger charge is 2.16. The van der Waals surface area contributed by atoms with Crippen molar-refractivity contribution in [3.05, 3.63) is 103 Å². The fourth-order valence-electron chi connectivity index (χ4n) is 4.45. The van der Waals surface area contributed by atoms with Gasteiger partial charge in [-0.3, -0.25) is 4.79 Å². The molecule has 0 saturated heterocycles. The van der Waals surface area contributed by atoms with Crippen molar-refractivity contribution >= 4 is 68.4 Å². The minimum absolute atomic E-state index is 0.255. The first-order valence-electron chi connectivity index (χ1n) is 11.5. The lowest BCUT2D eigenvalue weighted by Gasteiger charge is -2.13. The minimum Gasteiger partial charge on any atom is -0.423 e. The Bertz CT molecular complexity index is 1760. The number of anilines is 3. The van der Waals surface area contributed by atoms with Crippen LogP contribution in [0.2, 0.25) is 0 Å². The molecule has 7 nitrogen and oxygen atoms in total. The number of rotatable bonds is 5. The Balaban J connectivity index is 1.37. The first-order chi connectivity index (χ1) is 17.6. The van der Waals surface area contributed by atoms with Crippen molar-refractivity contribution in [3.63, 3.8) is 0 Å². The second-order valence-corrected chi connectivity index (χ2v) is 8.56. The van der Waals surface area contributed by atoms with Gasteiger partial charge in [-0.15, -0.1) is 0 Å². The van der Waals surface area contributed by atoms with Crippen LogP contribution >= 0.6 is 0 Å². The van der Waals surface area contributed by atoms with Gasteiger partial charge in [0.25, 0.3) is 5.91 Å². The smallest absolute Gasteiger partial charge is 0.423 e. The molecule has 0 radical (unpaired) electrons. The molecule has 174 valence electrons. The molecule has 0 saturated carbocycles. The Morgan fingerprint density at radius 2 is 1.56 bits per heavy atom. The maximum absolute atomic E-state index is 12.8. The monoisotopic (exact) mass is 472 g/mol. The van der Waals surface area contributed by atoms with Gasteiger partial charge in [0, 0.05) is 33.2 Å². The molecule has 5 N–H and O–H groups in total. The van der Waals surface area contributed by atoms with Crippen molar-refractivity contribution < 1.29 is 14.8 Å². The van der Waals surface area contributed by atoms with Gasteiger partial charge in [0.2, 0.25) is 0 Å². The average Bonchev–Trinajstić information content (AvgIpc) is 3.27. The second-order valence-electron chi connectivity index (χ2n) is 8.56. The van der Waals surface area contributed by atoms with E-state index < -0.39 is 7.12 Å². The molecule has 2 aromatic heterocycles. The summed E-state index contributed by atoms with van der Waals surface area (Å²) >= 11 is 0. The highest BCUT2D eigenvalue weighted by atomic mass is 16.4. The molecule has 2 heterocycles. The Morgan fingerprint density at radius 3 is 2.42 bits per heavy atom. The zero-order valence-electron chi connectivity index (χ0n) is 19.1. The zero-order valence-corrected chi connectivity index (χ0v) is 19.1. The van der Waals surface area contributed by atoms with Crippen LogP contribution in [0.25, 0.3) is 32.8 Å². The standard InChI is InChI=1S/C28H21BN4O3/c34-28(17-7-5-8-18(15-17)29(35)36)31-20-10-6-9-19(16-20)30-25-21-11-1-3-13-23(21)32-26-22-12-2-4-14-24(22)33-27(25)26/h1-16,33,35-36H,(H,30,32)(H,31,34). The van der Waals surface area contributed by atoms with Crippen LogP contribution in [-0.4, -0.2) is 33.0 Å². The summed E-state index contributed by atoms with van der Waals surface area (Å²) in [4.78, 5) is 21.2. The molecule has 0 spiro atoms. The molecule has 0 aliphatic carbocycles. The van der Waals surface area contributed by atoms with E-state index in [0.29, 0.717) is 11.3 Å². The molecule has 0 atom stereocenters. The Hall–Kier alpha value is -4.66. The minimum atomic E-state index is -1.64. The van der Waals surface area contributed by atoms with E-state index in [1.165, 1.54) is 6.07 Å². The lowest BCUT2D eigenvalue weighted by atomic mass is 9.79. The average molecular weight is 472 g/mol. The summed E-state index contributed by atoms with van der Waals surface area (Å²) in [6.45, 7) is 0. The van der Waals surface area contributed by atoms with Crippen molar-refractivity contribution in [1.29, 1.82) is 0 Å². The van der Waals surface area contributed by atoms with Crippen LogP contribution in [0.3, 0.4) is 0 Å². The van der Waals surface area contributed by atoms with Crippen LogP contribution in [-0.2, 0) is 0 Å². The van der Waals surface area contributed by atoms with Gasteiger partial charge in [-0.2, -0.15) is 0 Å². The van der Waals surface area contributed by atoms with E-state index in [9.17, 15) is 14.8 Å². The van der Waals surface area contributed by atoms with E-state index in [-0.39, 0.29) is 11.4 Å². The number of benzene rings is 4. The van der Waals surface area contributed by atoms with Gasteiger partial charge in [-0.05, 0) is 47.9 Å². The molecule has 0 fully saturated rings. The van der Waals surface area contributed by atoms with E-state index >= 15 is 0 Å². The molecule has 6 aromatic rings. The van der Waals surface area contributed by atoms with Crippen molar-refractivity contribution in [3.8, 4) is 0 Å². The van der Waals surface area contributed by atoms with Crippen LogP contribution in [0.5, 0.6) is 0 Å². The van der Waals surface area contributed by atoms with Crippen molar-refractivity contribution in [1.82, 2.24) is 9.97 Å². The van der Waals surface area contributed by atoms with Crippen molar-refractivity contribution in [2.24, 2.45) is 0 Å². The number of aromatic amines is 1. The summed E-state index contributed by atoms with van der Waals surface area (Å²) in [5.41, 5.74) is 6.58. The highest BCUT2D eigenvalue weighted by molar-refractivity contribution is 6.58. The molecule has 0 unspecified atom stereocenters. The number of nitrogens with one attached hydrogen (secondary N) is 3. The van der Waals surface area contributed by atoms with Crippen LogP contribution in [0.4, 0.5) is 17.1 Å². The first kappa shape index (κ1) is 21.9. The maximum atomic E-state index is 12.8. The summed E-state index contributed by atoms with van der Waals surface area (Å²) < 4.78 is 0. The quantitative estimate of drug-likeness (QED) is 0.237. The molecule has 8 heteroatoms. The Morgan fingerprint density at radius 1 is 0.806 bits per heavy atom. The largest absolute Gasteiger partial charge is 0.488 e. The van der Waals surface area contributed by atoms with Crippen molar-refractivity contribution in [2.75, 3.05) is 10.6 Å². The number of fused-ring (bicyclic) bond motifs is 4. The molecule has 0 aliphatic rings. The van der Waals surface area contributed by atoms with Crippen LogP contribution in [0, 0.1) is 0 Å².